The summed E-state index contributed by atoms with van der Waals surface area (Å²) in [6.45, 7) is 3.07. The van der Waals surface area contributed by atoms with Crippen LogP contribution in [0.5, 0.6) is 0 Å². The molecule has 0 bridgehead atoms. The number of imidazole rings is 1. The fraction of sp³-hybridized carbons (Fsp3) is 0.526. The van der Waals surface area contributed by atoms with Crippen molar-refractivity contribution in [3.63, 3.8) is 0 Å². The van der Waals surface area contributed by atoms with Crippen LogP contribution in [0.25, 0.3) is 11.0 Å². The molecule has 0 aliphatic carbocycles. The number of carbonyl (C=O) groups excluding carboxylic acids is 1. The van der Waals surface area contributed by atoms with Crippen molar-refractivity contribution in [2.24, 2.45) is 5.92 Å². The fourth-order valence-corrected chi connectivity index (χ4v) is 3.68. The number of carbonyl (C=O) groups is 1. The van der Waals surface area contributed by atoms with Crippen molar-refractivity contribution in [3.05, 3.63) is 29.6 Å². The number of benzene rings is 1. The molecule has 2 aromatic rings. The van der Waals surface area contributed by atoms with E-state index < -0.39 is 0 Å². The van der Waals surface area contributed by atoms with Crippen LogP contribution in [-0.2, 0) is 4.79 Å². The Morgan fingerprint density at radius 3 is 3.15 bits per heavy atom. The smallest absolute Gasteiger partial charge is 0.227 e. The minimum Gasteiger partial charge on any atom is -0.340 e. The third kappa shape index (κ3) is 3.71. The number of hydrogen-bond donors (Lipinski definition) is 3. The number of rotatable bonds is 7. The van der Waals surface area contributed by atoms with Gasteiger partial charge in [-0.25, -0.2) is 10.5 Å². The number of hydroxylamine groups is 1. The van der Waals surface area contributed by atoms with Gasteiger partial charge in [0.2, 0.25) is 5.91 Å². The lowest BCUT2D eigenvalue weighted by molar-refractivity contribution is -0.137. The van der Waals surface area contributed by atoms with Crippen molar-refractivity contribution in [2.75, 3.05) is 13.1 Å². The summed E-state index contributed by atoms with van der Waals surface area (Å²) in [4.78, 5) is 22.9. The SMILES string of the molecule is CCCC[C@H](CNO)C(=O)N1CCC[C@H]1c1nc2ccc(C#N)cc2[nH]1. The van der Waals surface area contributed by atoms with Gasteiger partial charge >= 0.3 is 0 Å². The number of aromatic amines is 1. The number of nitriles is 1. The van der Waals surface area contributed by atoms with Crippen LogP contribution in [0.4, 0.5) is 0 Å². The Bertz CT molecular complexity index is 810. The topological polar surface area (TPSA) is 105 Å². The Hall–Kier alpha value is -2.43. The van der Waals surface area contributed by atoms with E-state index >= 15 is 0 Å². The molecule has 1 saturated heterocycles. The second kappa shape index (κ2) is 8.30. The van der Waals surface area contributed by atoms with Gasteiger partial charge in [0.05, 0.1) is 34.6 Å². The highest BCUT2D eigenvalue weighted by Gasteiger charge is 2.35. The molecule has 7 nitrogen and oxygen atoms in total. The summed E-state index contributed by atoms with van der Waals surface area (Å²) in [5, 5.41) is 18.1. The number of fused-ring (bicyclic) bond motifs is 1. The Morgan fingerprint density at radius 1 is 1.58 bits per heavy atom. The first-order valence-corrected chi connectivity index (χ1v) is 9.25. The summed E-state index contributed by atoms with van der Waals surface area (Å²) >= 11 is 0. The van der Waals surface area contributed by atoms with Gasteiger partial charge < -0.3 is 15.1 Å². The zero-order valence-electron chi connectivity index (χ0n) is 15.0. The van der Waals surface area contributed by atoms with Crippen LogP contribution < -0.4 is 5.48 Å². The molecule has 0 saturated carbocycles. The van der Waals surface area contributed by atoms with E-state index in [0.717, 1.165) is 49.0 Å². The predicted octanol–water partition coefficient (Wildman–Crippen LogP) is 2.88. The maximum Gasteiger partial charge on any atom is 0.227 e. The molecule has 3 rings (SSSR count). The Kier molecular flexibility index (Phi) is 5.86. The van der Waals surface area contributed by atoms with Crippen molar-refractivity contribution in [1.82, 2.24) is 20.3 Å². The monoisotopic (exact) mass is 355 g/mol. The van der Waals surface area contributed by atoms with Crippen LogP contribution in [0.2, 0.25) is 0 Å². The van der Waals surface area contributed by atoms with E-state index in [9.17, 15) is 4.79 Å². The minimum atomic E-state index is -0.227. The van der Waals surface area contributed by atoms with Crippen LogP contribution >= 0.6 is 0 Å². The van der Waals surface area contributed by atoms with Crippen LogP contribution in [-0.4, -0.2) is 39.1 Å². The minimum absolute atomic E-state index is 0.0701. The molecule has 3 N–H and O–H groups in total. The lowest BCUT2D eigenvalue weighted by Gasteiger charge is -2.27. The second-order valence-electron chi connectivity index (χ2n) is 6.86. The van der Waals surface area contributed by atoms with E-state index in [0.29, 0.717) is 12.1 Å². The van der Waals surface area contributed by atoms with Gasteiger partial charge in [-0.3, -0.25) is 4.79 Å². The average Bonchev–Trinajstić information content (AvgIpc) is 3.30. The second-order valence-corrected chi connectivity index (χ2v) is 6.86. The summed E-state index contributed by atoms with van der Waals surface area (Å²) in [5.41, 5.74) is 4.37. The quantitative estimate of drug-likeness (QED) is 0.662. The van der Waals surface area contributed by atoms with Gasteiger partial charge in [-0.05, 0) is 37.5 Å². The van der Waals surface area contributed by atoms with E-state index in [1.807, 2.05) is 11.0 Å². The molecule has 1 amide bonds. The van der Waals surface area contributed by atoms with Crippen LogP contribution in [0, 0.1) is 17.2 Å². The fourth-order valence-electron chi connectivity index (χ4n) is 3.68. The Labute approximate surface area is 153 Å². The Balaban J connectivity index is 1.83. The molecule has 1 fully saturated rings. The zero-order chi connectivity index (χ0) is 18.5. The Morgan fingerprint density at radius 2 is 2.42 bits per heavy atom. The van der Waals surface area contributed by atoms with Crippen molar-refractivity contribution in [3.8, 4) is 6.07 Å². The highest BCUT2D eigenvalue weighted by atomic mass is 16.5. The summed E-state index contributed by atoms with van der Waals surface area (Å²) < 4.78 is 0. The highest BCUT2D eigenvalue weighted by molar-refractivity contribution is 5.80. The molecule has 1 aromatic heterocycles. The molecule has 2 heterocycles. The molecule has 0 spiro atoms. The first-order chi connectivity index (χ1) is 12.7. The largest absolute Gasteiger partial charge is 0.340 e. The first-order valence-electron chi connectivity index (χ1n) is 9.25. The van der Waals surface area contributed by atoms with Crippen LogP contribution in [0.15, 0.2) is 18.2 Å². The van der Waals surface area contributed by atoms with Crippen LogP contribution in [0.3, 0.4) is 0 Å². The molecular weight excluding hydrogens is 330 g/mol. The van der Waals surface area contributed by atoms with Crippen molar-refractivity contribution in [1.29, 1.82) is 5.26 Å². The number of nitrogens with zero attached hydrogens (tertiary/aromatic N) is 3. The molecule has 1 aromatic carbocycles. The summed E-state index contributed by atoms with van der Waals surface area (Å²) in [6.07, 6.45) is 4.53. The maximum atomic E-state index is 13.0. The van der Waals surface area contributed by atoms with Crippen molar-refractivity contribution in [2.45, 2.75) is 45.1 Å². The lowest BCUT2D eigenvalue weighted by atomic mass is 10.00. The van der Waals surface area contributed by atoms with Crippen molar-refractivity contribution >= 4 is 16.9 Å². The van der Waals surface area contributed by atoms with Crippen LogP contribution in [0.1, 0.15) is 56.5 Å². The van der Waals surface area contributed by atoms with E-state index in [2.05, 4.69) is 28.4 Å². The summed E-state index contributed by atoms with van der Waals surface area (Å²) in [6, 6.07) is 7.41. The number of likely N-dealkylation sites (tertiary alicyclic amines) is 1. The summed E-state index contributed by atoms with van der Waals surface area (Å²) in [5.74, 6) is 0.614. The normalized spacial score (nSPS) is 18.2. The van der Waals surface area contributed by atoms with Gasteiger partial charge in [-0.1, -0.05) is 19.8 Å². The third-order valence-corrected chi connectivity index (χ3v) is 5.07. The van der Waals surface area contributed by atoms with E-state index in [1.54, 1.807) is 12.1 Å². The van der Waals surface area contributed by atoms with Gasteiger partial charge in [0.1, 0.15) is 5.82 Å². The molecule has 2 atom stereocenters. The third-order valence-electron chi connectivity index (χ3n) is 5.07. The van der Waals surface area contributed by atoms with Gasteiger partial charge in [-0.15, -0.1) is 0 Å². The first kappa shape index (κ1) is 18.4. The van der Waals surface area contributed by atoms with E-state index in [1.165, 1.54) is 0 Å². The molecular formula is C19H25N5O2. The van der Waals surface area contributed by atoms with E-state index in [4.69, 9.17) is 10.5 Å². The van der Waals surface area contributed by atoms with Gasteiger partial charge in [-0.2, -0.15) is 5.26 Å². The zero-order valence-corrected chi connectivity index (χ0v) is 15.0. The predicted molar refractivity (Wildman–Crippen MR) is 97.3 cm³/mol. The molecule has 1 aliphatic heterocycles. The molecule has 0 unspecified atom stereocenters. The number of unbranched alkanes of at least 4 members (excludes halogenated alkanes) is 1. The molecule has 138 valence electrons. The van der Waals surface area contributed by atoms with Gasteiger partial charge in [0.25, 0.3) is 0 Å². The standard InChI is InChI=1S/C19H25N5O2/c1-2-3-5-14(12-21-26)19(25)24-9-4-6-17(24)18-22-15-8-7-13(11-20)10-16(15)23-18/h7-8,10,14,17,21,26H,2-6,9,12H2,1H3,(H,22,23)/t14-,17+/m1/s1. The number of nitrogens with one attached hydrogen (secondary N) is 2. The van der Waals surface area contributed by atoms with Gasteiger partial charge in [0, 0.05) is 13.1 Å². The van der Waals surface area contributed by atoms with Gasteiger partial charge in [0.15, 0.2) is 0 Å². The number of aromatic nitrogens is 2. The molecule has 26 heavy (non-hydrogen) atoms. The number of H-pyrrole nitrogens is 1. The molecule has 7 heteroatoms. The summed E-state index contributed by atoms with van der Waals surface area (Å²) in [7, 11) is 0. The average molecular weight is 355 g/mol. The molecule has 1 aliphatic rings. The number of hydrogen-bond acceptors (Lipinski definition) is 5. The highest BCUT2D eigenvalue weighted by Crippen LogP contribution is 2.33. The van der Waals surface area contributed by atoms with E-state index in [-0.39, 0.29) is 24.4 Å². The maximum absolute atomic E-state index is 13.0. The lowest BCUT2D eigenvalue weighted by Crippen LogP contribution is -2.39. The number of amides is 1. The molecule has 0 radical (unpaired) electrons. The van der Waals surface area contributed by atoms with Crippen molar-refractivity contribution < 1.29 is 10.0 Å².